The number of rotatable bonds is 4. The van der Waals surface area contributed by atoms with Gasteiger partial charge in [-0.15, -0.1) is 0 Å². The van der Waals surface area contributed by atoms with E-state index in [4.69, 9.17) is 0 Å². The molecule has 5 rings (SSSR count). The van der Waals surface area contributed by atoms with Crippen molar-refractivity contribution in [3.8, 4) is 56.3 Å². The van der Waals surface area contributed by atoms with Gasteiger partial charge in [0.1, 0.15) is 11.5 Å². The molecule has 5 aromatic rings. The number of hydrogen-bond acceptors (Lipinski definition) is 4. The van der Waals surface area contributed by atoms with Gasteiger partial charge in [-0.1, -0.05) is 48.5 Å². The molecule has 0 aliphatic heterocycles. The van der Waals surface area contributed by atoms with Crippen molar-refractivity contribution < 1.29 is 10.2 Å². The summed E-state index contributed by atoms with van der Waals surface area (Å²) in [6, 6.07) is 29.2. The molecule has 0 bridgehead atoms. The van der Waals surface area contributed by atoms with Gasteiger partial charge in [0.05, 0.1) is 0 Å². The zero-order valence-electron chi connectivity index (χ0n) is 19.9. The van der Waals surface area contributed by atoms with Crippen LogP contribution in [0.25, 0.3) is 44.8 Å². The van der Waals surface area contributed by atoms with Crippen LogP contribution in [0.2, 0.25) is 0 Å². The maximum absolute atomic E-state index is 9.73. The van der Waals surface area contributed by atoms with E-state index in [1.165, 1.54) is 0 Å². The van der Waals surface area contributed by atoms with Gasteiger partial charge in [-0.2, -0.15) is 0 Å². The normalized spacial score (nSPS) is 10.9. The van der Waals surface area contributed by atoms with Crippen LogP contribution >= 0.6 is 0 Å². The van der Waals surface area contributed by atoms with Gasteiger partial charge in [-0.25, -0.2) is 9.97 Å². The second kappa shape index (κ2) is 9.07. The summed E-state index contributed by atoms with van der Waals surface area (Å²) in [5.41, 5.74) is 10.4. The summed E-state index contributed by atoms with van der Waals surface area (Å²) >= 11 is 0. The monoisotopic (exact) mass is 458 g/mol. The Balaban J connectivity index is 1.59. The van der Waals surface area contributed by atoms with Crippen LogP contribution in [0.3, 0.4) is 0 Å². The molecule has 0 amide bonds. The van der Waals surface area contributed by atoms with Crippen LogP contribution in [0.1, 0.15) is 17.0 Å². The highest BCUT2D eigenvalue weighted by Crippen LogP contribution is 2.34. The molecular weight excluding hydrogens is 432 g/mol. The van der Waals surface area contributed by atoms with Crippen molar-refractivity contribution in [1.82, 2.24) is 9.97 Å². The molecule has 0 saturated heterocycles. The van der Waals surface area contributed by atoms with E-state index in [0.717, 1.165) is 61.7 Å². The van der Waals surface area contributed by atoms with Gasteiger partial charge in [0.15, 0.2) is 5.82 Å². The lowest BCUT2D eigenvalue weighted by molar-refractivity contribution is 0.475. The fraction of sp³-hybridized carbons (Fsp3) is 0.0968. The molecule has 1 aromatic heterocycles. The Morgan fingerprint density at radius 3 is 1.11 bits per heavy atom. The molecule has 4 aromatic carbocycles. The van der Waals surface area contributed by atoms with Crippen molar-refractivity contribution in [2.75, 3.05) is 0 Å². The van der Waals surface area contributed by atoms with Crippen molar-refractivity contribution in [2.45, 2.75) is 20.8 Å². The maximum Gasteiger partial charge on any atom is 0.159 e. The summed E-state index contributed by atoms with van der Waals surface area (Å²) in [7, 11) is 0. The number of phenols is 2. The summed E-state index contributed by atoms with van der Waals surface area (Å²) in [6.07, 6.45) is 0. The number of aryl methyl sites for hydroxylation is 2. The van der Waals surface area contributed by atoms with Crippen molar-refractivity contribution >= 4 is 0 Å². The molecule has 0 aliphatic carbocycles. The van der Waals surface area contributed by atoms with Gasteiger partial charge in [0.2, 0.25) is 0 Å². The van der Waals surface area contributed by atoms with Crippen LogP contribution in [0, 0.1) is 20.8 Å². The zero-order valence-corrected chi connectivity index (χ0v) is 19.9. The average Bonchev–Trinajstić information content (AvgIpc) is 2.87. The Kier molecular flexibility index (Phi) is 5.79. The summed E-state index contributed by atoms with van der Waals surface area (Å²) in [5.74, 6) is 1.21. The third-order valence-corrected chi connectivity index (χ3v) is 6.44. The van der Waals surface area contributed by atoms with Crippen LogP contribution in [0.15, 0.2) is 91.0 Å². The SMILES string of the molecule is Cc1nc(-c2ccc(-c3cc(-c4ccc(O)cc4)cc(-c4ccc(O)cc4)c3)cc2)nc(C)c1C. The summed E-state index contributed by atoms with van der Waals surface area (Å²) in [6.45, 7) is 6.08. The molecule has 172 valence electrons. The van der Waals surface area contributed by atoms with Crippen molar-refractivity contribution in [3.05, 3.63) is 108 Å². The van der Waals surface area contributed by atoms with E-state index in [1.54, 1.807) is 24.3 Å². The number of hydrogen-bond donors (Lipinski definition) is 2. The van der Waals surface area contributed by atoms with Gasteiger partial charge in [0, 0.05) is 17.0 Å². The molecule has 0 fully saturated rings. The first kappa shape index (κ1) is 22.4. The molecule has 4 nitrogen and oxygen atoms in total. The van der Waals surface area contributed by atoms with Gasteiger partial charge < -0.3 is 10.2 Å². The fourth-order valence-corrected chi connectivity index (χ4v) is 4.15. The molecule has 1 heterocycles. The first-order chi connectivity index (χ1) is 16.9. The number of phenolic OH excluding ortho intramolecular Hbond substituents is 2. The summed E-state index contributed by atoms with van der Waals surface area (Å²) in [5, 5.41) is 19.5. The number of nitrogens with zero attached hydrogens (tertiary/aromatic N) is 2. The molecule has 0 radical (unpaired) electrons. The predicted molar refractivity (Wildman–Crippen MR) is 141 cm³/mol. The molecule has 0 spiro atoms. The molecule has 35 heavy (non-hydrogen) atoms. The smallest absolute Gasteiger partial charge is 0.159 e. The topological polar surface area (TPSA) is 66.2 Å². The van der Waals surface area contributed by atoms with Gasteiger partial charge in [-0.3, -0.25) is 0 Å². The van der Waals surface area contributed by atoms with Crippen LogP contribution in [0.4, 0.5) is 0 Å². The lowest BCUT2D eigenvalue weighted by Crippen LogP contribution is -1.98. The molecule has 0 atom stereocenters. The number of aromatic hydroxyl groups is 2. The van der Waals surface area contributed by atoms with E-state index in [9.17, 15) is 10.2 Å². The first-order valence-corrected chi connectivity index (χ1v) is 11.5. The summed E-state index contributed by atoms with van der Waals surface area (Å²) < 4.78 is 0. The van der Waals surface area contributed by atoms with Crippen LogP contribution in [-0.4, -0.2) is 20.2 Å². The molecule has 0 aliphatic rings. The Morgan fingerprint density at radius 1 is 0.429 bits per heavy atom. The third-order valence-electron chi connectivity index (χ3n) is 6.44. The van der Waals surface area contributed by atoms with Crippen molar-refractivity contribution in [3.63, 3.8) is 0 Å². The largest absolute Gasteiger partial charge is 0.508 e. The second-order valence-corrected chi connectivity index (χ2v) is 8.81. The minimum atomic E-state index is 0.239. The zero-order chi connectivity index (χ0) is 24.5. The Labute approximate surface area is 205 Å². The molecular formula is C31H26N2O2. The average molecular weight is 459 g/mol. The van der Waals surface area contributed by atoms with E-state index >= 15 is 0 Å². The molecule has 0 saturated carbocycles. The standard InChI is InChI=1S/C31H26N2O2/c1-19-20(2)32-31(33-21(19)3)25-6-4-22(5-7-25)26-16-27(23-8-12-29(34)13-9-23)18-28(17-26)24-10-14-30(35)15-11-24/h4-18,34-35H,1-3H3. The third kappa shape index (κ3) is 4.64. The second-order valence-electron chi connectivity index (χ2n) is 8.81. The fourth-order valence-electron chi connectivity index (χ4n) is 4.15. The summed E-state index contributed by atoms with van der Waals surface area (Å²) in [4.78, 5) is 9.35. The first-order valence-electron chi connectivity index (χ1n) is 11.5. The highest BCUT2D eigenvalue weighted by atomic mass is 16.3. The van der Waals surface area contributed by atoms with Gasteiger partial charge >= 0.3 is 0 Å². The van der Waals surface area contributed by atoms with Crippen LogP contribution < -0.4 is 0 Å². The minimum absolute atomic E-state index is 0.239. The lowest BCUT2D eigenvalue weighted by Gasteiger charge is -2.12. The molecule has 2 N–H and O–H groups in total. The van der Waals surface area contributed by atoms with E-state index in [1.807, 2.05) is 45.0 Å². The van der Waals surface area contributed by atoms with Gasteiger partial charge in [-0.05, 0) is 102 Å². The maximum atomic E-state index is 9.73. The van der Waals surface area contributed by atoms with Crippen LogP contribution in [-0.2, 0) is 0 Å². The molecule has 0 unspecified atom stereocenters. The van der Waals surface area contributed by atoms with Crippen molar-refractivity contribution in [2.24, 2.45) is 0 Å². The van der Waals surface area contributed by atoms with E-state index in [-0.39, 0.29) is 11.5 Å². The Morgan fingerprint density at radius 2 is 0.743 bits per heavy atom. The highest BCUT2D eigenvalue weighted by Gasteiger charge is 2.10. The predicted octanol–water partition coefficient (Wildman–Crippen LogP) is 7.48. The van der Waals surface area contributed by atoms with E-state index < -0.39 is 0 Å². The quantitative estimate of drug-likeness (QED) is 0.293. The van der Waals surface area contributed by atoms with Gasteiger partial charge in [0.25, 0.3) is 0 Å². The lowest BCUT2D eigenvalue weighted by atomic mass is 9.93. The molecule has 4 heteroatoms. The Hall–Kier alpha value is -4.44. The van der Waals surface area contributed by atoms with Crippen LogP contribution in [0.5, 0.6) is 11.5 Å². The van der Waals surface area contributed by atoms with E-state index in [2.05, 4.69) is 52.4 Å². The minimum Gasteiger partial charge on any atom is -0.508 e. The Bertz CT molecular complexity index is 1420. The van der Waals surface area contributed by atoms with E-state index in [0.29, 0.717) is 0 Å². The highest BCUT2D eigenvalue weighted by molar-refractivity contribution is 5.82. The van der Waals surface area contributed by atoms with Crippen molar-refractivity contribution in [1.29, 1.82) is 0 Å². The number of aromatic nitrogens is 2. The number of benzene rings is 4.